The molecule has 0 aromatic carbocycles. The Morgan fingerprint density at radius 1 is 1.50 bits per heavy atom. The molecule has 1 fully saturated rings. The summed E-state index contributed by atoms with van der Waals surface area (Å²) in [5.41, 5.74) is 0. The Bertz CT molecular complexity index is 306. The number of fused-ring (bicyclic) bond motifs is 1. The van der Waals surface area contributed by atoms with E-state index in [4.69, 9.17) is 4.74 Å². The van der Waals surface area contributed by atoms with Gasteiger partial charge in [-0.1, -0.05) is 19.1 Å². The van der Waals surface area contributed by atoms with Gasteiger partial charge in [-0.15, -0.1) is 0 Å². The van der Waals surface area contributed by atoms with Crippen LogP contribution >= 0.6 is 0 Å². The largest absolute Gasteiger partial charge is 0.469 e. The van der Waals surface area contributed by atoms with Crippen molar-refractivity contribution >= 4 is 11.8 Å². The smallest absolute Gasteiger partial charge is 0.312 e. The first kappa shape index (κ1) is 9.44. The molecule has 2 aliphatic carbocycles. The van der Waals surface area contributed by atoms with Gasteiger partial charge < -0.3 is 4.74 Å². The minimum Gasteiger partial charge on any atom is -0.469 e. The first-order chi connectivity index (χ1) is 6.65. The van der Waals surface area contributed by atoms with Crippen LogP contribution in [-0.4, -0.2) is 18.9 Å². The van der Waals surface area contributed by atoms with Gasteiger partial charge in [0.1, 0.15) is 5.78 Å². The lowest BCUT2D eigenvalue weighted by Crippen LogP contribution is -2.21. The van der Waals surface area contributed by atoms with Crippen molar-refractivity contribution in [2.45, 2.75) is 13.3 Å². The number of allylic oxidation sites excluding steroid dienone is 1. The summed E-state index contributed by atoms with van der Waals surface area (Å²) in [6.45, 7) is 1.94. The number of methoxy groups -OCH3 is 1. The topological polar surface area (TPSA) is 43.4 Å². The number of ether oxygens (including phenoxy) is 1. The molecule has 3 heteroatoms. The Morgan fingerprint density at radius 2 is 2.21 bits per heavy atom. The van der Waals surface area contributed by atoms with E-state index in [2.05, 4.69) is 0 Å². The van der Waals surface area contributed by atoms with Crippen LogP contribution in [-0.2, 0) is 14.3 Å². The van der Waals surface area contributed by atoms with E-state index >= 15 is 0 Å². The zero-order chi connectivity index (χ0) is 10.3. The van der Waals surface area contributed by atoms with Crippen LogP contribution in [0.5, 0.6) is 0 Å². The van der Waals surface area contributed by atoms with Gasteiger partial charge in [-0.05, 0) is 11.8 Å². The van der Waals surface area contributed by atoms with Crippen molar-refractivity contribution in [3.05, 3.63) is 12.2 Å². The van der Waals surface area contributed by atoms with Crippen LogP contribution in [0.4, 0.5) is 0 Å². The molecule has 1 saturated carbocycles. The summed E-state index contributed by atoms with van der Waals surface area (Å²) in [7, 11) is 1.39. The molecule has 2 rings (SSSR count). The Labute approximate surface area is 83.1 Å². The molecule has 0 aromatic heterocycles. The highest BCUT2D eigenvalue weighted by Crippen LogP contribution is 2.44. The number of hydrogen-bond donors (Lipinski definition) is 0. The molecule has 14 heavy (non-hydrogen) atoms. The molecule has 0 aromatic rings. The van der Waals surface area contributed by atoms with Gasteiger partial charge in [-0.25, -0.2) is 0 Å². The highest BCUT2D eigenvalue weighted by molar-refractivity contribution is 5.86. The van der Waals surface area contributed by atoms with Crippen molar-refractivity contribution in [1.82, 2.24) is 0 Å². The van der Waals surface area contributed by atoms with Crippen LogP contribution in [0.15, 0.2) is 12.2 Å². The van der Waals surface area contributed by atoms with Crippen molar-refractivity contribution in [1.29, 1.82) is 0 Å². The summed E-state index contributed by atoms with van der Waals surface area (Å²) >= 11 is 0. The standard InChI is InChI=1S/C11H14O3/c1-6-7-3-4-8(11(13)14-2)9(7)5-10(6)12/h3-4,6-9H,5H2,1-2H3/t6-,7-,8+,9+/m0/s1. The van der Waals surface area contributed by atoms with E-state index in [9.17, 15) is 9.59 Å². The maximum atomic E-state index is 11.5. The molecule has 0 amide bonds. The molecule has 0 radical (unpaired) electrons. The number of carbonyl (C=O) groups is 2. The SMILES string of the molecule is COC(=O)[C@@H]1C=C[C@@H]2[C@H]1CC(=O)[C@H]2C. The predicted molar refractivity (Wildman–Crippen MR) is 50.4 cm³/mol. The van der Waals surface area contributed by atoms with Gasteiger partial charge in [0.15, 0.2) is 0 Å². The molecule has 0 saturated heterocycles. The summed E-state index contributed by atoms with van der Waals surface area (Å²) < 4.78 is 4.71. The Morgan fingerprint density at radius 3 is 2.86 bits per heavy atom. The lowest BCUT2D eigenvalue weighted by Gasteiger charge is -2.16. The molecule has 0 unspecified atom stereocenters. The van der Waals surface area contributed by atoms with E-state index in [-0.39, 0.29) is 35.4 Å². The van der Waals surface area contributed by atoms with Gasteiger partial charge in [0, 0.05) is 12.3 Å². The fourth-order valence-corrected chi connectivity index (χ4v) is 2.60. The van der Waals surface area contributed by atoms with Gasteiger partial charge >= 0.3 is 5.97 Å². The van der Waals surface area contributed by atoms with E-state index in [1.54, 1.807) is 0 Å². The third-order valence-corrected chi connectivity index (χ3v) is 3.49. The minimum absolute atomic E-state index is 0.0749. The number of rotatable bonds is 1. The summed E-state index contributed by atoms with van der Waals surface area (Å²) in [6.07, 6.45) is 4.42. The molecule has 2 aliphatic rings. The van der Waals surface area contributed by atoms with E-state index < -0.39 is 0 Å². The van der Waals surface area contributed by atoms with Crippen LogP contribution in [0.1, 0.15) is 13.3 Å². The number of Topliss-reactive ketones (excluding diaryl/α,β-unsaturated/α-hetero) is 1. The molecule has 0 bridgehead atoms. The third kappa shape index (κ3) is 1.19. The molecule has 0 heterocycles. The van der Waals surface area contributed by atoms with Crippen LogP contribution in [0.2, 0.25) is 0 Å². The van der Waals surface area contributed by atoms with Crippen LogP contribution in [0.25, 0.3) is 0 Å². The molecule has 76 valence electrons. The lowest BCUT2D eigenvalue weighted by atomic mass is 9.88. The molecule has 3 nitrogen and oxygen atoms in total. The van der Waals surface area contributed by atoms with Crippen molar-refractivity contribution in [3.63, 3.8) is 0 Å². The van der Waals surface area contributed by atoms with Crippen LogP contribution < -0.4 is 0 Å². The fourth-order valence-electron chi connectivity index (χ4n) is 2.60. The zero-order valence-electron chi connectivity index (χ0n) is 8.40. The molecular weight excluding hydrogens is 180 g/mol. The first-order valence-electron chi connectivity index (χ1n) is 4.94. The van der Waals surface area contributed by atoms with Crippen molar-refractivity contribution in [2.24, 2.45) is 23.7 Å². The molecule has 0 spiro atoms. The van der Waals surface area contributed by atoms with Crippen molar-refractivity contribution in [3.8, 4) is 0 Å². The second-order valence-electron chi connectivity index (χ2n) is 4.13. The fraction of sp³-hybridized carbons (Fsp3) is 0.636. The van der Waals surface area contributed by atoms with Gasteiger partial charge in [-0.3, -0.25) is 9.59 Å². The maximum Gasteiger partial charge on any atom is 0.312 e. The average molecular weight is 194 g/mol. The Hall–Kier alpha value is -1.12. The minimum atomic E-state index is -0.212. The van der Waals surface area contributed by atoms with E-state index in [0.29, 0.717) is 6.42 Å². The van der Waals surface area contributed by atoms with Crippen molar-refractivity contribution in [2.75, 3.05) is 7.11 Å². The Kier molecular flexibility index (Phi) is 2.17. The van der Waals surface area contributed by atoms with Gasteiger partial charge in [0.05, 0.1) is 13.0 Å². The van der Waals surface area contributed by atoms with Gasteiger partial charge in [0.25, 0.3) is 0 Å². The number of ketones is 1. The van der Waals surface area contributed by atoms with E-state index in [1.165, 1.54) is 7.11 Å². The molecular formula is C11H14O3. The Balaban J connectivity index is 2.18. The number of carbonyl (C=O) groups excluding carboxylic acids is 2. The predicted octanol–water partition coefficient (Wildman–Crippen LogP) is 1.19. The van der Waals surface area contributed by atoms with Crippen LogP contribution in [0, 0.1) is 23.7 Å². The quantitative estimate of drug-likeness (QED) is 0.465. The summed E-state index contributed by atoms with van der Waals surface area (Å²) in [4.78, 5) is 22.8. The molecule has 4 atom stereocenters. The van der Waals surface area contributed by atoms with Gasteiger partial charge in [-0.2, -0.15) is 0 Å². The normalized spacial score (nSPS) is 40.0. The summed E-state index contributed by atoms with van der Waals surface area (Å²) in [5.74, 6) is 0.357. The lowest BCUT2D eigenvalue weighted by molar-refractivity contribution is -0.145. The average Bonchev–Trinajstić information content (AvgIpc) is 2.69. The number of hydrogen-bond acceptors (Lipinski definition) is 3. The van der Waals surface area contributed by atoms with Crippen LogP contribution in [0.3, 0.4) is 0 Å². The number of esters is 1. The van der Waals surface area contributed by atoms with E-state index in [1.807, 2.05) is 19.1 Å². The second kappa shape index (κ2) is 3.23. The van der Waals surface area contributed by atoms with Crippen molar-refractivity contribution < 1.29 is 14.3 Å². The third-order valence-electron chi connectivity index (χ3n) is 3.49. The van der Waals surface area contributed by atoms with Gasteiger partial charge in [0.2, 0.25) is 0 Å². The summed E-state index contributed by atoms with van der Waals surface area (Å²) in [6, 6.07) is 0. The first-order valence-corrected chi connectivity index (χ1v) is 4.94. The van der Waals surface area contributed by atoms with E-state index in [0.717, 1.165) is 0 Å². The highest BCUT2D eigenvalue weighted by Gasteiger charge is 2.47. The molecule has 0 N–H and O–H groups in total. The monoisotopic (exact) mass is 194 g/mol. The second-order valence-corrected chi connectivity index (χ2v) is 4.13. The maximum absolute atomic E-state index is 11.5. The zero-order valence-corrected chi connectivity index (χ0v) is 8.40. The molecule has 0 aliphatic heterocycles. The highest BCUT2D eigenvalue weighted by atomic mass is 16.5. The summed E-state index contributed by atoms with van der Waals surface area (Å²) in [5, 5.41) is 0.